The number of ether oxygens (including phenoxy) is 3. The van der Waals surface area contributed by atoms with E-state index in [0.717, 1.165) is 25.7 Å². The average Bonchev–Trinajstić information content (AvgIpc) is 3.46. The minimum Gasteiger partial charge on any atom is -0.388 e. The molecule has 6 aliphatic rings. The van der Waals surface area contributed by atoms with Gasteiger partial charge < -0.3 is 30.2 Å². The zero-order chi connectivity index (χ0) is 27.7. The van der Waals surface area contributed by atoms with Gasteiger partial charge in [-0.15, -0.1) is 0 Å². The topological polar surface area (TPSA) is 94.2 Å². The SMILES string of the molecule is CCO[C@@H]([C@H]1C[C@@H](C)[C@H]2[C@H](O1)[C@H](O)[C@@]1(N)[C@@H]3CC[C@H]4C(C)(C)[C@@H](OC)CC[C@@]45C[C@@]35CC[C@]21C)C(C)(C)O. The third-order valence-electron chi connectivity index (χ3n) is 13.9. The molecule has 6 nitrogen and oxygen atoms in total. The molecule has 1 heterocycles. The molecule has 38 heavy (non-hydrogen) atoms. The first-order valence-corrected chi connectivity index (χ1v) is 15.6. The maximum atomic E-state index is 12.3. The Morgan fingerprint density at radius 1 is 1.05 bits per heavy atom. The van der Waals surface area contributed by atoms with E-state index in [2.05, 4.69) is 27.7 Å². The van der Waals surface area contributed by atoms with Crippen LogP contribution in [0.25, 0.3) is 0 Å². The van der Waals surface area contributed by atoms with E-state index in [1.807, 2.05) is 14.0 Å². The molecule has 6 rings (SSSR count). The minimum absolute atomic E-state index is 0.164. The molecular formula is C32H55NO5. The van der Waals surface area contributed by atoms with Gasteiger partial charge in [0.05, 0.1) is 35.6 Å². The highest BCUT2D eigenvalue weighted by atomic mass is 16.6. The van der Waals surface area contributed by atoms with Gasteiger partial charge >= 0.3 is 0 Å². The van der Waals surface area contributed by atoms with Gasteiger partial charge in [0.15, 0.2) is 0 Å². The summed E-state index contributed by atoms with van der Waals surface area (Å²) in [5.41, 5.74) is 6.63. The summed E-state index contributed by atoms with van der Waals surface area (Å²) in [4.78, 5) is 0. The van der Waals surface area contributed by atoms with Crippen LogP contribution in [0.3, 0.4) is 0 Å². The van der Waals surface area contributed by atoms with Crippen LogP contribution in [0.1, 0.15) is 99.8 Å². The third kappa shape index (κ3) is 3.17. The van der Waals surface area contributed by atoms with Crippen LogP contribution in [-0.2, 0) is 14.2 Å². The molecule has 218 valence electrons. The predicted molar refractivity (Wildman–Crippen MR) is 147 cm³/mol. The van der Waals surface area contributed by atoms with Crippen LogP contribution in [0.4, 0.5) is 0 Å². The van der Waals surface area contributed by atoms with Gasteiger partial charge in [0, 0.05) is 13.7 Å². The smallest absolute Gasteiger partial charge is 0.112 e. The number of rotatable bonds is 5. The molecule has 0 bridgehead atoms. The van der Waals surface area contributed by atoms with E-state index in [9.17, 15) is 10.2 Å². The van der Waals surface area contributed by atoms with Gasteiger partial charge in [-0.3, -0.25) is 0 Å². The Bertz CT molecular complexity index is 949. The molecule has 0 radical (unpaired) electrons. The van der Waals surface area contributed by atoms with Crippen LogP contribution in [0.5, 0.6) is 0 Å². The number of hydrogen-bond acceptors (Lipinski definition) is 6. The maximum Gasteiger partial charge on any atom is 0.112 e. The Morgan fingerprint density at radius 3 is 2.34 bits per heavy atom. The summed E-state index contributed by atoms with van der Waals surface area (Å²) in [5.74, 6) is 1.54. The Hall–Kier alpha value is -0.240. The normalized spacial score (nSPS) is 55.7. The average molecular weight is 534 g/mol. The van der Waals surface area contributed by atoms with E-state index in [1.165, 1.54) is 25.7 Å². The molecular weight excluding hydrogens is 478 g/mol. The molecule has 2 spiro atoms. The molecule has 1 aliphatic heterocycles. The number of hydrogen-bond donors (Lipinski definition) is 3. The predicted octanol–water partition coefficient (Wildman–Crippen LogP) is 4.68. The second kappa shape index (κ2) is 8.41. The van der Waals surface area contributed by atoms with E-state index in [-0.39, 0.29) is 34.4 Å². The Labute approximate surface area is 230 Å². The third-order valence-corrected chi connectivity index (χ3v) is 13.9. The van der Waals surface area contributed by atoms with Crippen molar-refractivity contribution in [3.63, 3.8) is 0 Å². The van der Waals surface area contributed by atoms with Gasteiger partial charge in [0.25, 0.3) is 0 Å². The standard InChI is InChI=1S/C32H55NO5/c1-9-37-26(28(5,6)35)19-16-18(2)23-24(38-19)25(34)32(33)21-11-10-20-27(3,4)22(36-8)12-13-30(20)17-31(21,30)15-14-29(23,32)7/h18-26,34-35H,9-17,33H2,1-8H3/t18-,19-,20+,21-,22+,23+,24+,25+,26+,29-,30-,31+,32+/m1/s1. The summed E-state index contributed by atoms with van der Waals surface area (Å²) >= 11 is 0. The van der Waals surface area contributed by atoms with Gasteiger partial charge in [0.2, 0.25) is 0 Å². The molecule has 0 aromatic rings. The zero-order valence-electron chi connectivity index (χ0n) is 25.3. The molecule has 5 saturated carbocycles. The number of fused-ring (bicyclic) bond motifs is 4. The van der Waals surface area contributed by atoms with E-state index in [0.29, 0.717) is 35.9 Å². The Morgan fingerprint density at radius 2 is 1.71 bits per heavy atom. The van der Waals surface area contributed by atoms with Gasteiger partial charge in [-0.2, -0.15) is 0 Å². The fraction of sp³-hybridized carbons (Fsp3) is 1.00. The molecule has 6 fully saturated rings. The van der Waals surface area contributed by atoms with Crippen molar-refractivity contribution in [3.8, 4) is 0 Å². The Balaban J connectivity index is 1.34. The van der Waals surface area contributed by atoms with E-state index < -0.39 is 23.3 Å². The largest absolute Gasteiger partial charge is 0.388 e. The van der Waals surface area contributed by atoms with Gasteiger partial charge in [-0.1, -0.05) is 27.7 Å². The number of nitrogens with two attached hydrogens (primary N) is 1. The van der Waals surface area contributed by atoms with Gasteiger partial charge in [-0.05, 0) is 117 Å². The van der Waals surface area contributed by atoms with Gasteiger partial charge in [0.1, 0.15) is 6.10 Å². The van der Waals surface area contributed by atoms with Crippen molar-refractivity contribution >= 4 is 0 Å². The first-order valence-electron chi connectivity index (χ1n) is 15.6. The van der Waals surface area contributed by atoms with Crippen LogP contribution in [0.15, 0.2) is 0 Å². The molecule has 6 heteroatoms. The summed E-state index contributed by atoms with van der Waals surface area (Å²) in [6.45, 7) is 15.7. The quantitative estimate of drug-likeness (QED) is 0.475. The van der Waals surface area contributed by atoms with Crippen molar-refractivity contribution in [2.24, 2.45) is 51.1 Å². The fourth-order valence-electron chi connectivity index (χ4n) is 12.5. The van der Waals surface area contributed by atoms with Crippen LogP contribution < -0.4 is 5.73 Å². The summed E-state index contributed by atoms with van der Waals surface area (Å²) in [7, 11) is 1.89. The summed E-state index contributed by atoms with van der Waals surface area (Å²) < 4.78 is 18.9. The lowest BCUT2D eigenvalue weighted by molar-refractivity contribution is -0.214. The maximum absolute atomic E-state index is 12.3. The van der Waals surface area contributed by atoms with Crippen molar-refractivity contribution in [2.75, 3.05) is 13.7 Å². The van der Waals surface area contributed by atoms with Crippen molar-refractivity contribution in [3.05, 3.63) is 0 Å². The van der Waals surface area contributed by atoms with Gasteiger partial charge in [-0.25, -0.2) is 0 Å². The van der Waals surface area contributed by atoms with Crippen molar-refractivity contribution in [1.29, 1.82) is 0 Å². The lowest BCUT2D eigenvalue weighted by Gasteiger charge is -2.63. The monoisotopic (exact) mass is 533 g/mol. The van der Waals surface area contributed by atoms with Crippen molar-refractivity contribution in [2.45, 2.75) is 141 Å². The summed E-state index contributed by atoms with van der Waals surface area (Å²) in [5, 5.41) is 23.2. The molecule has 1 saturated heterocycles. The van der Waals surface area contributed by atoms with Crippen molar-refractivity contribution < 1.29 is 24.4 Å². The molecule has 0 unspecified atom stereocenters. The lowest BCUT2D eigenvalue weighted by Crippen LogP contribution is -2.70. The molecule has 0 aromatic heterocycles. The Kier molecular flexibility index (Phi) is 6.18. The van der Waals surface area contributed by atoms with E-state index in [4.69, 9.17) is 19.9 Å². The number of aliphatic hydroxyl groups excluding tert-OH is 1. The highest BCUT2D eigenvalue weighted by Crippen LogP contribution is 2.87. The summed E-state index contributed by atoms with van der Waals surface area (Å²) in [6, 6.07) is 0. The molecule has 13 atom stereocenters. The molecule has 5 aliphatic carbocycles. The van der Waals surface area contributed by atoms with Crippen LogP contribution >= 0.6 is 0 Å². The van der Waals surface area contributed by atoms with Crippen LogP contribution in [0.2, 0.25) is 0 Å². The highest BCUT2D eigenvalue weighted by molar-refractivity contribution is 5.35. The highest BCUT2D eigenvalue weighted by Gasteiger charge is 2.85. The lowest BCUT2D eigenvalue weighted by atomic mass is 9.43. The van der Waals surface area contributed by atoms with Crippen LogP contribution in [-0.4, -0.2) is 65.6 Å². The summed E-state index contributed by atoms with van der Waals surface area (Å²) in [6.07, 6.45) is 7.67. The molecule has 4 N–H and O–H groups in total. The van der Waals surface area contributed by atoms with Crippen LogP contribution in [0, 0.1) is 45.3 Å². The molecule has 0 amide bonds. The molecule has 0 aromatic carbocycles. The van der Waals surface area contributed by atoms with E-state index >= 15 is 0 Å². The second-order valence-electron chi connectivity index (χ2n) is 16.0. The first kappa shape index (κ1) is 27.9. The number of methoxy groups -OCH3 is 1. The first-order chi connectivity index (χ1) is 17.7. The zero-order valence-corrected chi connectivity index (χ0v) is 25.3. The second-order valence-corrected chi connectivity index (χ2v) is 16.0. The minimum atomic E-state index is -1.02. The number of aliphatic hydroxyl groups is 2. The van der Waals surface area contributed by atoms with E-state index in [1.54, 1.807) is 13.8 Å². The van der Waals surface area contributed by atoms with Crippen molar-refractivity contribution in [1.82, 2.24) is 0 Å². The fourth-order valence-corrected chi connectivity index (χ4v) is 12.5.